The fourth-order valence-electron chi connectivity index (χ4n) is 3.95. The summed E-state index contributed by atoms with van der Waals surface area (Å²) in [5.74, 6) is 0.162. The van der Waals surface area contributed by atoms with Crippen LogP contribution in [0.3, 0.4) is 0 Å². The van der Waals surface area contributed by atoms with Crippen LogP contribution < -0.4 is 0 Å². The molecular weight excluding hydrogens is 438 g/mol. The molecule has 6 heteroatoms. The lowest BCUT2D eigenvalue weighted by Crippen LogP contribution is -2.01. The van der Waals surface area contributed by atoms with Crippen LogP contribution in [0.15, 0.2) is 66.0 Å². The molecule has 0 saturated heterocycles. The van der Waals surface area contributed by atoms with Crippen LogP contribution in [-0.4, -0.2) is 21.0 Å². The molecule has 0 amide bonds. The fraction of sp³-hybridized carbons (Fsp3) is 0.0769. The van der Waals surface area contributed by atoms with Crippen molar-refractivity contribution in [2.45, 2.75) is 13.8 Å². The Kier molecular flexibility index (Phi) is 5.04. The maximum atomic E-state index is 13.6. The highest BCUT2D eigenvalue weighted by Gasteiger charge is 2.22. The van der Waals surface area contributed by atoms with E-state index in [0.29, 0.717) is 10.4 Å². The van der Waals surface area contributed by atoms with Gasteiger partial charge in [0, 0.05) is 26.8 Å². The van der Waals surface area contributed by atoms with Crippen LogP contribution in [0.5, 0.6) is 11.6 Å². The molecule has 5 aromatic rings. The number of phenolic OH excluding ortho intramolecular Hbond substituents is 1. The quantitative estimate of drug-likeness (QED) is 0.287. The number of fused-ring (bicyclic) bond motifs is 1. The van der Waals surface area contributed by atoms with Crippen LogP contribution in [0.4, 0.5) is 0 Å². The summed E-state index contributed by atoms with van der Waals surface area (Å²) in [7, 11) is 0. The molecule has 0 radical (unpaired) electrons. The molecule has 4 nitrogen and oxygen atoms in total. The minimum absolute atomic E-state index is 0.0130. The van der Waals surface area contributed by atoms with Gasteiger partial charge in [-0.3, -0.25) is 4.79 Å². The summed E-state index contributed by atoms with van der Waals surface area (Å²) in [5.41, 5.74) is 5.43. The van der Waals surface area contributed by atoms with Crippen LogP contribution in [0.25, 0.3) is 31.8 Å². The van der Waals surface area contributed by atoms with Crippen LogP contribution in [0.1, 0.15) is 26.4 Å². The molecule has 0 saturated carbocycles. The molecule has 3 aromatic carbocycles. The van der Waals surface area contributed by atoms with Crippen LogP contribution >= 0.6 is 22.7 Å². The molecule has 2 N–H and O–H groups in total. The highest BCUT2D eigenvalue weighted by atomic mass is 32.1. The highest BCUT2D eigenvalue weighted by Crippen LogP contribution is 2.42. The second-order valence-electron chi connectivity index (χ2n) is 7.78. The number of hydrogen-bond acceptors (Lipinski definition) is 6. The molecule has 0 aliphatic carbocycles. The van der Waals surface area contributed by atoms with Gasteiger partial charge in [-0.2, -0.15) is 0 Å². The van der Waals surface area contributed by atoms with Gasteiger partial charge in [-0.15, -0.1) is 22.7 Å². The van der Waals surface area contributed by atoms with E-state index in [9.17, 15) is 15.0 Å². The van der Waals surface area contributed by atoms with Gasteiger partial charge in [0.05, 0.1) is 10.3 Å². The number of nitrogens with zero attached hydrogens (tertiary/aromatic N) is 1. The van der Waals surface area contributed by atoms with Crippen molar-refractivity contribution in [3.63, 3.8) is 0 Å². The Bertz CT molecular complexity index is 1460. The minimum Gasteiger partial charge on any atom is -0.508 e. The van der Waals surface area contributed by atoms with E-state index in [0.717, 1.165) is 42.9 Å². The Balaban J connectivity index is 1.67. The van der Waals surface area contributed by atoms with Crippen LogP contribution in [0.2, 0.25) is 0 Å². The van der Waals surface area contributed by atoms with E-state index in [2.05, 4.69) is 11.1 Å². The highest BCUT2D eigenvalue weighted by molar-refractivity contribution is 7.21. The maximum absolute atomic E-state index is 13.6. The summed E-state index contributed by atoms with van der Waals surface area (Å²) in [5, 5.41) is 22.8. The molecule has 0 unspecified atom stereocenters. The first-order valence-electron chi connectivity index (χ1n) is 10.0. The van der Waals surface area contributed by atoms with Crippen LogP contribution in [-0.2, 0) is 0 Å². The molecule has 2 heterocycles. The van der Waals surface area contributed by atoms with Gasteiger partial charge in [0.2, 0.25) is 11.7 Å². The van der Waals surface area contributed by atoms with Gasteiger partial charge in [0.25, 0.3) is 0 Å². The minimum atomic E-state index is -0.0265. The van der Waals surface area contributed by atoms with E-state index in [1.165, 1.54) is 22.7 Å². The normalized spacial score (nSPS) is 11.2. The largest absolute Gasteiger partial charge is 0.508 e. The molecule has 158 valence electrons. The number of rotatable bonds is 4. The van der Waals surface area contributed by atoms with Crippen LogP contribution in [0, 0.1) is 13.8 Å². The average molecular weight is 458 g/mol. The van der Waals surface area contributed by atoms with Crippen molar-refractivity contribution in [3.8, 4) is 33.3 Å². The predicted molar refractivity (Wildman–Crippen MR) is 131 cm³/mol. The second-order valence-corrected chi connectivity index (χ2v) is 9.69. The van der Waals surface area contributed by atoms with Crippen molar-refractivity contribution in [2.75, 3.05) is 0 Å². The van der Waals surface area contributed by atoms with Gasteiger partial charge in [-0.1, -0.05) is 41.5 Å². The van der Waals surface area contributed by atoms with Gasteiger partial charge in [0.15, 0.2) is 0 Å². The van der Waals surface area contributed by atoms with Crippen molar-refractivity contribution in [1.29, 1.82) is 0 Å². The monoisotopic (exact) mass is 457 g/mol. The number of carbonyl (C=O) groups is 1. The summed E-state index contributed by atoms with van der Waals surface area (Å²) < 4.78 is 0.863. The summed E-state index contributed by atoms with van der Waals surface area (Å²) in [6.07, 6.45) is 0. The van der Waals surface area contributed by atoms with Gasteiger partial charge < -0.3 is 10.2 Å². The lowest BCUT2D eigenvalue weighted by Gasteiger charge is -2.08. The van der Waals surface area contributed by atoms with Gasteiger partial charge in [-0.05, 0) is 49.7 Å². The first kappa shape index (κ1) is 20.4. The third kappa shape index (κ3) is 3.68. The van der Waals surface area contributed by atoms with E-state index in [4.69, 9.17) is 0 Å². The number of aromatic hydroxyl groups is 2. The number of benzene rings is 3. The molecule has 2 aromatic heterocycles. The molecule has 0 atom stereocenters. The third-order valence-corrected chi connectivity index (χ3v) is 7.31. The SMILES string of the molecule is Cc1cc(C)cc(C(=O)c2sc3cc(O)ccc3c2-c2ccc(-c3nc(O)cs3)cc2)c1. The molecule has 0 aliphatic rings. The molecule has 5 rings (SSSR count). The van der Waals surface area contributed by atoms with E-state index in [1.807, 2.05) is 56.3 Å². The summed E-state index contributed by atoms with van der Waals surface area (Å²) in [4.78, 5) is 18.4. The first-order valence-corrected chi connectivity index (χ1v) is 11.7. The van der Waals surface area contributed by atoms with Crippen molar-refractivity contribution in [3.05, 3.63) is 87.6 Å². The second kappa shape index (κ2) is 7.89. The number of thiophene rings is 1. The summed E-state index contributed by atoms with van der Waals surface area (Å²) >= 11 is 2.78. The molecular formula is C26H19NO3S2. The fourth-order valence-corrected chi connectivity index (χ4v) is 5.85. The average Bonchev–Trinajstić information content (AvgIpc) is 3.36. The zero-order valence-electron chi connectivity index (χ0n) is 17.4. The number of thiazole rings is 1. The van der Waals surface area contributed by atoms with E-state index in [-0.39, 0.29) is 17.4 Å². The number of carbonyl (C=O) groups excluding carboxylic acids is 1. The number of aromatic nitrogens is 1. The lowest BCUT2D eigenvalue weighted by molar-refractivity contribution is 0.104. The Morgan fingerprint density at radius 1 is 0.875 bits per heavy atom. The van der Waals surface area contributed by atoms with Gasteiger partial charge in [0.1, 0.15) is 10.8 Å². The van der Waals surface area contributed by atoms with Crippen molar-refractivity contribution >= 4 is 38.5 Å². The summed E-state index contributed by atoms with van der Waals surface area (Å²) in [6, 6.07) is 18.9. The molecule has 0 aliphatic heterocycles. The Morgan fingerprint density at radius 2 is 1.56 bits per heavy atom. The Labute approximate surface area is 193 Å². The van der Waals surface area contributed by atoms with E-state index >= 15 is 0 Å². The molecule has 0 spiro atoms. The molecule has 0 bridgehead atoms. The Hall–Kier alpha value is -3.48. The zero-order valence-corrected chi connectivity index (χ0v) is 19.1. The van der Waals surface area contributed by atoms with Gasteiger partial charge >= 0.3 is 0 Å². The number of phenols is 1. The lowest BCUT2D eigenvalue weighted by atomic mass is 9.96. The third-order valence-electron chi connectivity index (χ3n) is 5.28. The molecule has 0 fully saturated rings. The van der Waals surface area contributed by atoms with Crippen molar-refractivity contribution in [1.82, 2.24) is 4.98 Å². The number of hydrogen-bond donors (Lipinski definition) is 2. The van der Waals surface area contributed by atoms with E-state index < -0.39 is 0 Å². The van der Waals surface area contributed by atoms with E-state index in [1.54, 1.807) is 17.5 Å². The Morgan fingerprint density at radius 3 is 2.22 bits per heavy atom. The molecule has 32 heavy (non-hydrogen) atoms. The summed E-state index contributed by atoms with van der Waals surface area (Å²) in [6.45, 7) is 3.98. The van der Waals surface area contributed by atoms with Gasteiger partial charge in [-0.25, -0.2) is 4.98 Å². The topological polar surface area (TPSA) is 70.4 Å². The maximum Gasteiger partial charge on any atom is 0.222 e. The van der Waals surface area contributed by atoms with Crippen molar-refractivity contribution in [2.24, 2.45) is 0 Å². The number of aryl methyl sites for hydroxylation is 2. The number of ketones is 1. The predicted octanol–water partition coefficient (Wildman–Crippen LogP) is 6.95. The zero-order chi connectivity index (χ0) is 22.4. The van der Waals surface area contributed by atoms with Crippen molar-refractivity contribution < 1.29 is 15.0 Å². The standard InChI is InChI=1S/C26H19NO3S2/c1-14-9-15(2)11-18(10-14)24(30)25-23(20-8-7-19(28)12-21(20)32-25)16-3-5-17(6-4-16)26-27-22(29)13-31-26/h3-13,28-29H,1-2H3. The first-order chi connectivity index (χ1) is 15.4. The smallest absolute Gasteiger partial charge is 0.222 e.